The first kappa shape index (κ1) is 28.4. The number of carboxylic acid groups (broad SMARTS) is 2. The molecular weight excluding hydrogens is 528 g/mol. The third kappa shape index (κ3) is 6.87. The first-order valence-corrected chi connectivity index (χ1v) is 12.4. The summed E-state index contributed by atoms with van der Waals surface area (Å²) in [6.07, 6.45) is 0.624. The van der Waals surface area contributed by atoms with Crippen LogP contribution in [-0.2, 0) is 6.42 Å². The highest BCUT2D eigenvalue weighted by atomic mass is 16.5. The summed E-state index contributed by atoms with van der Waals surface area (Å²) in [5.74, 6) is -1.81. The van der Waals surface area contributed by atoms with E-state index in [1.807, 2.05) is 24.3 Å². The summed E-state index contributed by atoms with van der Waals surface area (Å²) in [5, 5.41) is 23.5. The highest BCUT2D eigenvalue weighted by Crippen LogP contribution is 2.27. The summed E-state index contributed by atoms with van der Waals surface area (Å²) in [5.41, 5.74) is 1.79. The van der Waals surface area contributed by atoms with E-state index < -0.39 is 17.8 Å². The largest absolute Gasteiger partial charge is 0.478 e. The zero-order valence-corrected chi connectivity index (χ0v) is 22.1. The molecule has 0 aromatic heterocycles. The Bertz CT molecular complexity index is 1610. The molecule has 0 atom stereocenters. The van der Waals surface area contributed by atoms with E-state index in [9.17, 15) is 24.3 Å². The number of hydrogen-bond acceptors (Lipinski definition) is 6. The number of rotatable bonds is 10. The third-order valence-corrected chi connectivity index (χ3v) is 6.11. The van der Waals surface area contributed by atoms with Crippen molar-refractivity contribution < 1.29 is 38.9 Å². The van der Waals surface area contributed by atoms with Crippen LogP contribution in [0.15, 0.2) is 84.9 Å². The minimum absolute atomic E-state index is 0.202. The third-order valence-electron chi connectivity index (χ3n) is 6.11. The van der Waals surface area contributed by atoms with E-state index in [-0.39, 0.29) is 33.9 Å². The minimum atomic E-state index is -1.35. The molecule has 0 fully saturated rings. The monoisotopic (exact) mass is 554 g/mol. The van der Waals surface area contributed by atoms with Crippen LogP contribution >= 0.6 is 0 Å². The summed E-state index contributed by atoms with van der Waals surface area (Å²) >= 11 is 0. The van der Waals surface area contributed by atoms with Gasteiger partial charge in [-0.1, -0.05) is 24.3 Å². The van der Waals surface area contributed by atoms with Gasteiger partial charge in [-0.3, -0.25) is 9.59 Å². The van der Waals surface area contributed by atoms with E-state index in [0.717, 1.165) is 11.1 Å². The molecular formula is C31H26N2O8. The average molecular weight is 555 g/mol. The van der Waals surface area contributed by atoms with E-state index in [0.29, 0.717) is 23.7 Å². The van der Waals surface area contributed by atoms with Crippen molar-refractivity contribution in [3.05, 3.63) is 118 Å². The Morgan fingerprint density at radius 2 is 0.927 bits per heavy atom. The predicted octanol–water partition coefficient (Wildman–Crippen LogP) is 4.98. The predicted molar refractivity (Wildman–Crippen MR) is 149 cm³/mol. The molecule has 4 N–H and O–H groups in total. The van der Waals surface area contributed by atoms with Crippen LogP contribution in [0, 0.1) is 0 Å². The molecule has 0 bridgehead atoms. The first-order chi connectivity index (χ1) is 19.7. The maximum Gasteiger partial charge on any atom is 0.336 e. The molecule has 2 amide bonds. The number of benzene rings is 4. The normalized spacial score (nSPS) is 10.4. The molecule has 10 nitrogen and oxygen atoms in total. The number of aromatic carboxylic acids is 2. The summed E-state index contributed by atoms with van der Waals surface area (Å²) in [6.45, 7) is 0. The van der Waals surface area contributed by atoms with Gasteiger partial charge in [0.25, 0.3) is 11.8 Å². The van der Waals surface area contributed by atoms with Gasteiger partial charge in [0, 0.05) is 14.1 Å². The van der Waals surface area contributed by atoms with Crippen LogP contribution < -0.4 is 20.1 Å². The first-order valence-electron chi connectivity index (χ1n) is 12.4. The number of carboxylic acids is 2. The van der Waals surface area contributed by atoms with Crippen molar-refractivity contribution in [2.75, 3.05) is 14.1 Å². The molecule has 0 heterocycles. The van der Waals surface area contributed by atoms with E-state index in [1.54, 1.807) is 30.3 Å². The smallest absolute Gasteiger partial charge is 0.336 e. The fourth-order valence-electron chi connectivity index (χ4n) is 4.05. The molecule has 0 saturated carbocycles. The van der Waals surface area contributed by atoms with Gasteiger partial charge in [-0.15, -0.1) is 0 Å². The molecule has 10 heteroatoms. The van der Waals surface area contributed by atoms with E-state index in [4.69, 9.17) is 14.6 Å². The lowest BCUT2D eigenvalue weighted by Crippen LogP contribution is -2.25. The number of amides is 2. The molecule has 0 aliphatic rings. The molecule has 0 spiro atoms. The Morgan fingerprint density at radius 1 is 0.537 bits per heavy atom. The van der Waals surface area contributed by atoms with Crippen LogP contribution in [0.25, 0.3) is 0 Å². The van der Waals surface area contributed by atoms with Crippen molar-refractivity contribution in [3.8, 4) is 23.0 Å². The molecule has 4 aromatic carbocycles. The Morgan fingerprint density at radius 3 is 1.37 bits per heavy atom. The van der Waals surface area contributed by atoms with Crippen LogP contribution in [0.5, 0.6) is 23.0 Å². The molecule has 0 aliphatic heterocycles. The Kier molecular flexibility index (Phi) is 8.63. The number of hydrogen-bond donors (Lipinski definition) is 4. The fraction of sp³-hybridized carbons (Fsp3) is 0.0968. The van der Waals surface area contributed by atoms with Gasteiger partial charge in [-0.05, 0) is 78.2 Å². The minimum Gasteiger partial charge on any atom is -0.478 e. The van der Waals surface area contributed by atoms with Crippen LogP contribution in [0.1, 0.15) is 52.6 Å². The van der Waals surface area contributed by atoms with Crippen molar-refractivity contribution in [3.63, 3.8) is 0 Å². The van der Waals surface area contributed by atoms with Gasteiger partial charge < -0.3 is 30.3 Å². The lowest BCUT2D eigenvalue weighted by atomic mass is 10.0. The second-order valence-corrected chi connectivity index (χ2v) is 8.85. The van der Waals surface area contributed by atoms with Crippen molar-refractivity contribution in [1.82, 2.24) is 10.6 Å². The van der Waals surface area contributed by atoms with Gasteiger partial charge in [0.05, 0.1) is 22.3 Å². The summed E-state index contributed by atoms with van der Waals surface area (Å²) < 4.78 is 11.6. The highest BCUT2D eigenvalue weighted by Gasteiger charge is 2.18. The van der Waals surface area contributed by atoms with E-state index in [2.05, 4.69) is 10.6 Å². The second kappa shape index (κ2) is 12.5. The van der Waals surface area contributed by atoms with Crippen molar-refractivity contribution in [2.24, 2.45) is 0 Å². The molecule has 208 valence electrons. The van der Waals surface area contributed by atoms with Crippen LogP contribution in [0.4, 0.5) is 0 Å². The quantitative estimate of drug-likeness (QED) is 0.214. The average Bonchev–Trinajstić information content (AvgIpc) is 2.98. The molecule has 41 heavy (non-hydrogen) atoms. The number of carbonyl (C=O) groups excluding carboxylic acids is 2. The summed E-state index contributed by atoms with van der Waals surface area (Å²) in [4.78, 5) is 47.0. The molecule has 4 aromatic rings. The molecule has 0 aliphatic carbocycles. The fourth-order valence-corrected chi connectivity index (χ4v) is 4.05. The summed E-state index contributed by atoms with van der Waals surface area (Å²) in [6, 6.07) is 23.1. The van der Waals surface area contributed by atoms with Gasteiger partial charge in [0.2, 0.25) is 0 Å². The molecule has 4 rings (SSSR count). The highest BCUT2D eigenvalue weighted by molar-refractivity contribution is 6.07. The van der Waals surface area contributed by atoms with Crippen LogP contribution in [-0.4, -0.2) is 48.1 Å². The van der Waals surface area contributed by atoms with Gasteiger partial charge in [-0.25, -0.2) is 9.59 Å². The van der Waals surface area contributed by atoms with Crippen molar-refractivity contribution >= 4 is 23.8 Å². The number of carbonyl (C=O) groups is 4. The SMILES string of the molecule is CNC(=O)c1ccc(Oc2ccc(Cc3ccc(Oc4ccc(C(=O)O)c(C(=O)O)c4)cc3)cc2)cc1C(=O)NC. The van der Waals surface area contributed by atoms with Gasteiger partial charge in [-0.2, -0.15) is 0 Å². The van der Waals surface area contributed by atoms with Gasteiger partial charge >= 0.3 is 11.9 Å². The van der Waals surface area contributed by atoms with E-state index in [1.165, 1.54) is 44.4 Å². The van der Waals surface area contributed by atoms with Crippen LogP contribution in [0.2, 0.25) is 0 Å². The number of ether oxygens (including phenoxy) is 2. The zero-order valence-electron chi connectivity index (χ0n) is 22.1. The topological polar surface area (TPSA) is 151 Å². The molecule has 0 radical (unpaired) electrons. The Balaban J connectivity index is 1.41. The number of nitrogens with one attached hydrogen (secondary N) is 2. The molecule has 0 saturated heterocycles. The second-order valence-electron chi connectivity index (χ2n) is 8.85. The van der Waals surface area contributed by atoms with Crippen molar-refractivity contribution in [1.29, 1.82) is 0 Å². The maximum absolute atomic E-state index is 12.3. The standard InChI is InChI=1S/C31H26N2O8/c1-32-28(34)24-13-11-22(16-26(24)29(35)33-2)40-20-7-3-18(4-8-20)15-19-5-9-21(10-6-19)41-23-12-14-25(30(36)37)27(17-23)31(38)39/h3-14,16-17H,15H2,1-2H3,(H,32,34)(H,33,35)(H,36,37)(H,38,39). The lowest BCUT2D eigenvalue weighted by molar-refractivity contribution is 0.0651. The van der Waals surface area contributed by atoms with Gasteiger partial charge in [0.15, 0.2) is 0 Å². The Labute approximate surface area is 235 Å². The van der Waals surface area contributed by atoms with Crippen molar-refractivity contribution in [2.45, 2.75) is 6.42 Å². The summed E-state index contributed by atoms with van der Waals surface area (Å²) in [7, 11) is 2.98. The maximum atomic E-state index is 12.3. The zero-order chi connectivity index (χ0) is 29.5. The van der Waals surface area contributed by atoms with Crippen LogP contribution in [0.3, 0.4) is 0 Å². The molecule has 0 unspecified atom stereocenters. The Hall–Kier alpha value is -5.64. The lowest BCUT2D eigenvalue weighted by Gasteiger charge is -2.12. The van der Waals surface area contributed by atoms with E-state index >= 15 is 0 Å². The van der Waals surface area contributed by atoms with Gasteiger partial charge in [0.1, 0.15) is 23.0 Å².